The number of likely N-dealkylation sites (tertiary alicyclic amines) is 1. The third kappa shape index (κ3) is 3.48. The van der Waals surface area contributed by atoms with Crippen molar-refractivity contribution in [1.82, 2.24) is 10.2 Å². The van der Waals surface area contributed by atoms with Gasteiger partial charge in [0.25, 0.3) is 0 Å². The molecule has 0 spiro atoms. The smallest absolute Gasteiger partial charge is 0.108 e. The van der Waals surface area contributed by atoms with E-state index < -0.39 is 0 Å². The van der Waals surface area contributed by atoms with Crippen molar-refractivity contribution in [3.05, 3.63) is 0 Å². The van der Waals surface area contributed by atoms with Crippen LogP contribution < -0.4 is 5.32 Å². The van der Waals surface area contributed by atoms with Crippen LogP contribution in [0.2, 0.25) is 0 Å². The molecule has 3 nitrogen and oxygen atoms in total. The highest BCUT2D eigenvalue weighted by atomic mass is 15.2. The third-order valence-corrected chi connectivity index (χ3v) is 3.38. The van der Waals surface area contributed by atoms with Gasteiger partial charge in [-0.1, -0.05) is 13.3 Å². The van der Waals surface area contributed by atoms with Crippen LogP contribution in [0.15, 0.2) is 0 Å². The summed E-state index contributed by atoms with van der Waals surface area (Å²) in [7, 11) is 0. The molecule has 1 heterocycles. The van der Waals surface area contributed by atoms with Crippen LogP contribution in [0.1, 0.15) is 40.0 Å². The highest BCUT2D eigenvalue weighted by Crippen LogP contribution is 2.22. The lowest BCUT2D eigenvalue weighted by atomic mass is 9.97. The van der Waals surface area contributed by atoms with Crippen molar-refractivity contribution >= 4 is 0 Å². The Morgan fingerprint density at radius 3 is 2.47 bits per heavy atom. The van der Waals surface area contributed by atoms with E-state index in [0.717, 1.165) is 13.1 Å². The minimum atomic E-state index is -0.0157. The lowest BCUT2D eigenvalue weighted by Crippen LogP contribution is -2.50. The number of hydrogen-bond donors (Lipinski definition) is 1. The second kappa shape index (κ2) is 6.09. The minimum Gasteiger partial charge on any atom is -0.301 e. The molecular formula is C12H23N3. The second-order valence-electron chi connectivity index (χ2n) is 4.57. The van der Waals surface area contributed by atoms with Gasteiger partial charge in [0.1, 0.15) is 6.04 Å². The summed E-state index contributed by atoms with van der Waals surface area (Å²) in [6, 6.07) is 3.58. The number of rotatable bonds is 4. The lowest BCUT2D eigenvalue weighted by Gasteiger charge is -2.39. The summed E-state index contributed by atoms with van der Waals surface area (Å²) in [5.41, 5.74) is 0. The minimum absolute atomic E-state index is 0.0157. The van der Waals surface area contributed by atoms with Gasteiger partial charge in [0.2, 0.25) is 0 Å². The fourth-order valence-corrected chi connectivity index (χ4v) is 2.44. The van der Waals surface area contributed by atoms with Crippen molar-refractivity contribution < 1.29 is 0 Å². The number of nitriles is 1. The molecule has 1 unspecified atom stereocenters. The largest absolute Gasteiger partial charge is 0.301 e. The molecule has 0 aliphatic carbocycles. The summed E-state index contributed by atoms with van der Waals surface area (Å²) in [4.78, 5) is 2.47. The average molecular weight is 209 g/mol. The van der Waals surface area contributed by atoms with Gasteiger partial charge in [-0.3, -0.25) is 4.90 Å². The van der Waals surface area contributed by atoms with Gasteiger partial charge in [-0.05, 0) is 33.2 Å². The van der Waals surface area contributed by atoms with E-state index in [1.165, 1.54) is 19.3 Å². The Morgan fingerprint density at radius 1 is 1.40 bits per heavy atom. The number of hydrogen-bond acceptors (Lipinski definition) is 3. The van der Waals surface area contributed by atoms with Crippen LogP contribution >= 0.6 is 0 Å². The maximum absolute atomic E-state index is 9.02. The van der Waals surface area contributed by atoms with Crippen molar-refractivity contribution in [2.75, 3.05) is 13.1 Å². The topological polar surface area (TPSA) is 39.1 Å². The zero-order chi connectivity index (χ0) is 11.3. The standard InChI is InChI=1S/C12H23N3/c1-4-14-12(8-13)9-15-10(2)6-5-7-11(15)3/h10-12,14H,4-7,9H2,1-3H3/t10-,11+,12?. The van der Waals surface area contributed by atoms with Gasteiger partial charge in [0.05, 0.1) is 6.07 Å². The summed E-state index contributed by atoms with van der Waals surface area (Å²) in [6.45, 7) is 8.33. The van der Waals surface area contributed by atoms with E-state index in [2.05, 4.69) is 30.1 Å². The van der Waals surface area contributed by atoms with Crippen LogP contribution in [0, 0.1) is 11.3 Å². The predicted octanol–water partition coefficient (Wildman–Crippen LogP) is 1.75. The maximum atomic E-state index is 9.02. The molecule has 15 heavy (non-hydrogen) atoms. The van der Waals surface area contributed by atoms with E-state index in [9.17, 15) is 0 Å². The van der Waals surface area contributed by atoms with Crippen LogP contribution in [0.3, 0.4) is 0 Å². The molecule has 0 bridgehead atoms. The van der Waals surface area contributed by atoms with Gasteiger partial charge < -0.3 is 5.32 Å². The fraction of sp³-hybridized carbons (Fsp3) is 0.917. The molecular weight excluding hydrogens is 186 g/mol. The van der Waals surface area contributed by atoms with Crippen LogP contribution in [0.25, 0.3) is 0 Å². The highest BCUT2D eigenvalue weighted by Gasteiger charge is 2.26. The van der Waals surface area contributed by atoms with Crippen LogP contribution in [-0.4, -0.2) is 36.1 Å². The highest BCUT2D eigenvalue weighted by molar-refractivity contribution is 4.94. The number of piperidine rings is 1. The molecule has 3 atom stereocenters. The Bertz CT molecular complexity index is 211. The van der Waals surface area contributed by atoms with E-state index in [1.54, 1.807) is 0 Å². The number of nitrogens with zero attached hydrogens (tertiary/aromatic N) is 2. The number of likely N-dealkylation sites (N-methyl/N-ethyl adjacent to an activating group) is 1. The van der Waals surface area contributed by atoms with Gasteiger partial charge in [-0.25, -0.2) is 0 Å². The van der Waals surface area contributed by atoms with Crippen molar-refractivity contribution in [1.29, 1.82) is 5.26 Å². The first kappa shape index (κ1) is 12.5. The molecule has 1 N–H and O–H groups in total. The Balaban J connectivity index is 2.50. The van der Waals surface area contributed by atoms with Gasteiger partial charge in [-0.15, -0.1) is 0 Å². The van der Waals surface area contributed by atoms with Gasteiger partial charge >= 0.3 is 0 Å². The molecule has 1 aliphatic rings. The molecule has 1 rings (SSSR count). The van der Waals surface area contributed by atoms with E-state index >= 15 is 0 Å². The van der Waals surface area contributed by atoms with E-state index in [-0.39, 0.29) is 6.04 Å². The molecule has 0 aromatic carbocycles. The van der Waals surface area contributed by atoms with Crippen molar-refractivity contribution in [3.8, 4) is 6.07 Å². The Hall–Kier alpha value is -0.590. The fourth-order valence-electron chi connectivity index (χ4n) is 2.44. The van der Waals surface area contributed by atoms with E-state index in [1.807, 2.05) is 6.92 Å². The van der Waals surface area contributed by atoms with Crippen LogP contribution in [0.5, 0.6) is 0 Å². The molecule has 0 amide bonds. The third-order valence-electron chi connectivity index (χ3n) is 3.38. The molecule has 0 aromatic heterocycles. The zero-order valence-corrected chi connectivity index (χ0v) is 10.2. The second-order valence-corrected chi connectivity index (χ2v) is 4.57. The summed E-state index contributed by atoms with van der Waals surface area (Å²) in [5, 5.41) is 12.2. The average Bonchev–Trinajstić information content (AvgIpc) is 2.22. The number of nitrogens with one attached hydrogen (secondary N) is 1. The molecule has 86 valence electrons. The van der Waals surface area contributed by atoms with Crippen LogP contribution in [0.4, 0.5) is 0 Å². The lowest BCUT2D eigenvalue weighted by molar-refractivity contribution is 0.0977. The maximum Gasteiger partial charge on any atom is 0.108 e. The van der Waals surface area contributed by atoms with Gasteiger partial charge in [0, 0.05) is 18.6 Å². The molecule has 0 aromatic rings. The molecule has 0 radical (unpaired) electrons. The monoisotopic (exact) mass is 209 g/mol. The van der Waals surface area contributed by atoms with E-state index in [0.29, 0.717) is 12.1 Å². The first-order valence-electron chi connectivity index (χ1n) is 6.07. The molecule has 1 fully saturated rings. The summed E-state index contributed by atoms with van der Waals surface area (Å²) >= 11 is 0. The van der Waals surface area contributed by atoms with Gasteiger partial charge in [0.15, 0.2) is 0 Å². The summed E-state index contributed by atoms with van der Waals surface area (Å²) in [6.07, 6.45) is 3.88. The Morgan fingerprint density at radius 2 is 2.00 bits per heavy atom. The molecule has 3 heteroatoms. The van der Waals surface area contributed by atoms with Gasteiger partial charge in [-0.2, -0.15) is 5.26 Å². The molecule has 0 saturated carbocycles. The SMILES string of the molecule is CCNC(C#N)CN1[C@H](C)CCC[C@@H]1C. The first-order valence-corrected chi connectivity index (χ1v) is 6.07. The predicted molar refractivity (Wildman–Crippen MR) is 62.6 cm³/mol. The van der Waals surface area contributed by atoms with Crippen LogP contribution in [-0.2, 0) is 0 Å². The van der Waals surface area contributed by atoms with Crippen molar-refractivity contribution in [2.45, 2.75) is 58.2 Å². The Kier molecular flexibility index (Phi) is 5.07. The zero-order valence-electron chi connectivity index (χ0n) is 10.2. The summed E-state index contributed by atoms with van der Waals surface area (Å²) in [5.74, 6) is 0. The van der Waals surface area contributed by atoms with E-state index in [4.69, 9.17) is 5.26 Å². The normalized spacial score (nSPS) is 29.7. The quantitative estimate of drug-likeness (QED) is 0.766. The summed E-state index contributed by atoms with van der Waals surface area (Å²) < 4.78 is 0. The van der Waals surface area contributed by atoms with Crippen molar-refractivity contribution in [2.24, 2.45) is 0 Å². The Labute approximate surface area is 93.5 Å². The first-order chi connectivity index (χ1) is 7.19. The molecule has 1 saturated heterocycles. The van der Waals surface area contributed by atoms with Crippen molar-refractivity contribution in [3.63, 3.8) is 0 Å². The molecule has 1 aliphatic heterocycles.